The zero-order chi connectivity index (χ0) is 15.4. The van der Waals surface area contributed by atoms with E-state index in [9.17, 15) is 4.79 Å². The Kier molecular flexibility index (Phi) is 4.51. The summed E-state index contributed by atoms with van der Waals surface area (Å²) in [5.41, 5.74) is 2.70. The zero-order valence-electron chi connectivity index (χ0n) is 11.9. The van der Waals surface area contributed by atoms with E-state index in [2.05, 4.69) is 10.3 Å². The monoisotopic (exact) mass is 324 g/mol. The van der Waals surface area contributed by atoms with Crippen molar-refractivity contribution in [1.29, 1.82) is 0 Å². The highest BCUT2D eigenvalue weighted by atomic mass is 32.1. The first-order valence-corrected chi connectivity index (χ1v) is 8.51. The third-order valence-corrected chi connectivity index (χ3v) is 4.60. The summed E-state index contributed by atoms with van der Waals surface area (Å²) in [5, 5.41) is 7.29. The number of anilines is 1. The number of rotatable bonds is 4. The Morgan fingerprint density at radius 2 is 1.95 bits per heavy atom. The summed E-state index contributed by atoms with van der Waals surface area (Å²) in [6.45, 7) is 0. The average Bonchev–Trinajstić information content (AvgIpc) is 3.19. The highest BCUT2D eigenvalue weighted by Crippen LogP contribution is 2.23. The first kappa shape index (κ1) is 14.7. The van der Waals surface area contributed by atoms with Crippen LogP contribution in [0.15, 0.2) is 53.4 Å². The van der Waals surface area contributed by atoms with Gasteiger partial charge in [-0.25, -0.2) is 4.98 Å². The molecule has 6 heteroatoms. The van der Waals surface area contributed by atoms with Crippen LogP contribution in [0.2, 0.25) is 0 Å². The van der Waals surface area contributed by atoms with E-state index < -0.39 is 0 Å². The normalized spacial score (nSPS) is 11.4. The summed E-state index contributed by atoms with van der Waals surface area (Å²) in [4.78, 5) is 17.8. The van der Waals surface area contributed by atoms with Gasteiger partial charge in [0.05, 0.1) is 0 Å². The molecule has 0 unspecified atom stereocenters. The summed E-state index contributed by atoms with van der Waals surface area (Å²) in [7, 11) is 2.03. The van der Waals surface area contributed by atoms with Gasteiger partial charge in [-0.15, -0.1) is 22.7 Å². The zero-order valence-corrected chi connectivity index (χ0v) is 13.6. The molecule has 0 aliphatic rings. The number of hydrogen-bond donors (Lipinski definition) is 1. The van der Waals surface area contributed by atoms with Crippen molar-refractivity contribution in [3.63, 3.8) is 0 Å². The van der Waals surface area contributed by atoms with E-state index in [-0.39, 0.29) is 5.91 Å². The van der Waals surface area contributed by atoms with Crippen LogP contribution in [0.25, 0.3) is 11.6 Å². The van der Waals surface area contributed by atoms with Gasteiger partial charge in [-0.1, -0.05) is 35.8 Å². The van der Waals surface area contributed by atoms with E-state index >= 15 is 0 Å². The molecule has 0 saturated carbocycles. The standard InChI is InChI=1S/C16H13BN2OS2/c17-12-5-3-11(4-6-12)14(10-13-2-1-8-21-13)15(20)19-16-18-7-9-22-16/h1-10H,17H2,(H,18,19,20)/b14-10+. The van der Waals surface area contributed by atoms with Crippen molar-refractivity contribution in [2.24, 2.45) is 0 Å². The van der Waals surface area contributed by atoms with Crippen molar-refractivity contribution < 1.29 is 4.79 Å². The molecule has 3 nitrogen and oxygen atoms in total. The van der Waals surface area contributed by atoms with Crippen molar-refractivity contribution in [2.75, 3.05) is 5.32 Å². The van der Waals surface area contributed by atoms with Crippen LogP contribution in [0.3, 0.4) is 0 Å². The number of amides is 1. The fraction of sp³-hybridized carbons (Fsp3) is 0. The van der Waals surface area contributed by atoms with Gasteiger partial charge in [0.2, 0.25) is 0 Å². The summed E-state index contributed by atoms with van der Waals surface area (Å²) in [5.74, 6) is -0.146. The van der Waals surface area contributed by atoms with Crippen molar-refractivity contribution in [2.45, 2.75) is 0 Å². The number of thiophene rings is 1. The Morgan fingerprint density at radius 1 is 1.14 bits per heavy atom. The Morgan fingerprint density at radius 3 is 2.59 bits per heavy atom. The number of aromatic nitrogens is 1. The largest absolute Gasteiger partial charge is 0.298 e. The van der Waals surface area contributed by atoms with Crippen molar-refractivity contribution in [3.05, 3.63) is 63.8 Å². The predicted octanol–water partition coefficient (Wildman–Crippen LogP) is 2.64. The number of benzene rings is 1. The Labute approximate surface area is 137 Å². The molecule has 3 rings (SSSR count). The smallest absolute Gasteiger partial charge is 0.258 e. The number of carbonyl (C=O) groups is 1. The molecule has 1 amide bonds. The molecule has 0 bridgehead atoms. The first-order chi connectivity index (χ1) is 10.7. The van der Waals surface area contributed by atoms with E-state index in [1.54, 1.807) is 17.5 Å². The van der Waals surface area contributed by atoms with Crippen LogP contribution in [0.5, 0.6) is 0 Å². The fourth-order valence-corrected chi connectivity index (χ4v) is 3.16. The highest BCUT2D eigenvalue weighted by molar-refractivity contribution is 7.13. The van der Waals surface area contributed by atoms with Crippen LogP contribution in [-0.4, -0.2) is 18.7 Å². The molecule has 0 aliphatic carbocycles. The summed E-state index contributed by atoms with van der Waals surface area (Å²) < 4.78 is 0. The molecule has 2 heterocycles. The van der Waals surface area contributed by atoms with Gasteiger partial charge in [-0.3, -0.25) is 10.1 Å². The van der Waals surface area contributed by atoms with Gasteiger partial charge in [-0.2, -0.15) is 0 Å². The number of carbonyl (C=O) groups excluding carboxylic acids is 1. The van der Waals surface area contributed by atoms with Gasteiger partial charge in [0.15, 0.2) is 5.13 Å². The molecule has 0 spiro atoms. The van der Waals surface area contributed by atoms with Gasteiger partial charge in [-0.05, 0) is 23.1 Å². The van der Waals surface area contributed by atoms with Crippen molar-refractivity contribution in [3.8, 4) is 0 Å². The number of nitrogens with zero attached hydrogens (tertiary/aromatic N) is 1. The first-order valence-electron chi connectivity index (χ1n) is 6.75. The molecule has 0 atom stereocenters. The molecule has 22 heavy (non-hydrogen) atoms. The van der Waals surface area contributed by atoms with Crippen LogP contribution >= 0.6 is 22.7 Å². The number of nitrogens with one attached hydrogen (secondary N) is 1. The minimum Gasteiger partial charge on any atom is -0.298 e. The van der Waals surface area contributed by atoms with Crippen LogP contribution < -0.4 is 10.8 Å². The average molecular weight is 324 g/mol. The van der Waals surface area contributed by atoms with Gasteiger partial charge in [0.25, 0.3) is 5.91 Å². The molecule has 3 aromatic rings. The molecule has 1 N–H and O–H groups in total. The van der Waals surface area contributed by atoms with Crippen LogP contribution in [-0.2, 0) is 4.79 Å². The molecule has 2 aromatic heterocycles. The molecule has 0 fully saturated rings. The van der Waals surface area contributed by atoms with E-state index in [1.165, 1.54) is 16.8 Å². The quantitative estimate of drug-likeness (QED) is 0.592. The molecule has 1 aromatic carbocycles. The summed E-state index contributed by atoms with van der Waals surface area (Å²) >= 11 is 3.01. The summed E-state index contributed by atoms with van der Waals surface area (Å²) in [6, 6.07) is 11.9. The minimum atomic E-state index is -0.146. The number of hydrogen-bond acceptors (Lipinski definition) is 4. The lowest BCUT2D eigenvalue weighted by Crippen LogP contribution is -2.14. The van der Waals surface area contributed by atoms with Gasteiger partial charge >= 0.3 is 0 Å². The molecule has 0 aliphatic heterocycles. The SMILES string of the molecule is Bc1ccc(/C(=C\c2cccs2)C(=O)Nc2nccs2)cc1. The molecular formula is C16H13BN2OS2. The van der Waals surface area contributed by atoms with Crippen LogP contribution in [0.1, 0.15) is 10.4 Å². The van der Waals surface area contributed by atoms with Gasteiger partial charge < -0.3 is 0 Å². The Hall–Kier alpha value is -2.18. The second-order valence-corrected chi connectivity index (χ2v) is 6.60. The van der Waals surface area contributed by atoms with Gasteiger partial charge in [0, 0.05) is 22.0 Å². The van der Waals surface area contributed by atoms with Crippen LogP contribution in [0, 0.1) is 0 Å². The van der Waals surface area contributed by atoms with Crippen LogP contribution in [0.4, 0.5) is 5.13 Å². The maximum atomic E-state index is 12.6. The van der Waals surface area contributed by atoms with E-state index in [0.717, 1.165) is 10.4 Å². The lowest BCUT2D eigenvalue weighted by atomic mass is 9.93. The predicted molar refractivity (Wildman–Crippen MR) is 97.6 cm³/mol. The third kappa shape index (κ3) is 3.53. The second-order valence-electron chi connectivity index (χ2n) is 4.73. The lowest BCUT2D eigenvalue weighted by molar-refractivity contribution is -0.111. The topological polar surface area (TPSA) is 42.0 Å². The molecular weight excluding hydrogens is 311 g/mol. The molecule has 0 radical (unpaired) electrons. The van der Waals surface area contributed by atoms with Crippen molar-refractivity contribution >= 4 is 58.7 Å². The Bertz CT molecular complexity index is 778. The van der Waals surface area contributed by atoms with E-state index in [4.69, 9.17) is 0 Å². The highest BCUT2D eigenvalue weighted by Gasteiger charge is 2.13. The number of thiazole rings is 1. The summed E-state index contributed by atoms with van der Waals surface area (Å²) in [6.07, 6.45) is 3.59. The lowest BCUT2D eigenvalue weighted by Gasteiger charge is -2.08. The third-order valence-electron chi connectivity index (χ3n) is 3.09. The maximum absolute atomic E-state index is 12.6. The van der Waals surface area contributed by atoms with E-state index in [0.29, 0.717) is 10.7 Å². The van der Waals surface area contributed by atoms with Gasteiger partial charge in [0.1, 0.15) is 7.85 Å². The molecule has 108 valence electrons. The van der Waals surface area contributed by atoms with Crippen molar-refractivity contribution in [1.82, 2.24) is 4.98 Å². The minimum absolute atomic E-state index is 0.146. The molecule has 0 saturated heterocycles. The second kappa shape index (κ2) is 6.72. The van der Waals surface area contributed by atoms with E-state index in [1.807, 2.05) is 61.1 Å². The Balaban J connectivity index is 1.95. The fourth-order valence-electron chi connectivity index (χ4n) is 1.98. The maximum Gasteiger partial charge on any atom is 0.258 e.